The quantitative estimate of drug-likeness (QED) is 0.771. The first-order valence-corrected chi connectivity index (χ1v) is 10.5. The van der Waals surface area contributed by atoms with Crippen molar-refractivity contribution < 1.29 is 9.21 Å². The van der Waals surface area contributed by atoms with Gasteiger partial charge in [0.1, 0.15) is 5.76 Å². The maximum absolute atomic E-state index is 12.7. The van der Waals surface area contributed by atoms with Gasteiger partial charge in [-0.05, 0) is 63.4 Å². The summed E-state index contributed by atoms with van der Waals surface area (Å²) in [6, 6.07) is 4.66. The minimum atomic E-state index is 0.104. The summed E-state index contributed by atoms with van der Waals surface area (Å²) in [4.78, 5) is 17.4. The van der Waals surface area contributed by atoms with Crippen molar-refractivity contribution in [3.8, 4) is 0 Å². The molecule has 3 rings (SSSR count). The maximum Gasteiger partial charge on any atom is 0.234 e. The molecule has 146 valence electrons. The van der Waals surface area contributed by atoms with E-state index in [-0.39, 0.29) is 11.9 Å². The topological polar surface area (TPSA) is 48.7 Å². The Morgan fingerprint density at radius 3 is 2.77 bits per heavy atom. The molecule has 1 saturated heterocycles. The number of rotatable bonds is 8. The lowest BCUT2D eigenvalue weighted by atomic mass is 9.78. The van der Waals surface area contributed by atoms with Gasteiger partial charge >= 0.3 is 0 Å². The van der Waals surface area contributed by atoms with Crippen LogP contribution in [0.3, 0.4) is 0 Å². The Kier molecular flexibility index (Phi) is 7.15. The van der Waals surface area contributed by atoms with Crippen LogP contribution in [0.1, 0.15) is 64.2 Å². The van der Waals surface area contributed by atoms with Gasteiger partial charge < -0.3 is 9.73 Å². The number of hydrogen-bond donors (Lipinski definition) is 1. The fourth-order valence-electron chi connectivity index (χ4n) is 4.93. The molecular weight excluding hydrogens is 326 g/mol. The van der Waals surface area contributed by atoms with Gasteiger partial charge in [-0.15, -0.1) is 0 Å². The molecule has 3 atom stereocenters. The average molecular weight is 362 g/mol. The van der Waals surface area contributed by atoms with E-state index in [2.05, 4.69) is 29.0 Å². The highest BCUT2D eigenvalue weighted by molar-refractivity contribution is 5.78. The highest BCUT2D eigenvalue weighted by Gasteiger charge is 2.34. The van der Waals surface area contributed by atoms with Crippen molar-refractivity contribution in [2.45, 2.75) is 64.5 Å². The zero-order chi connectivity index (χ0) is 18.4. The van der Waals surface area contributed by atoms with Crippen molar-refractivity contribution in [2.24, 2.45) is 5.92 Å². The number of likely N-dealkylation sites (tertiary alicyclic amines) is 1. The first-order valence-electron chi connectivity index (χ1n) is 10.5. The Morgan fingerprint density at radius 1 is 1.27 bits per heavy atom. The molecule has 1 amide bonds. The summed E-state index contributed by atoms with van der Waals surface area (Å²) in [6.07, 6.45) is 9.62. The van der Waals surface area contributed by atoms with Crippen molar-refractivity contribution in [2.75, 3.05) is 32.7 Å². The van der Waals surface area contributed by atoms with Gasteiger partial charge in [0.15, 0.2) is 0 Å². The molecule has 1 aliphatic heterocycles. The van der Waals surface area contributed by atoms with Crippen molar-refractivity contribution in [3.05, 3.63) is 24.2 Å². The van der Waals surface area contributed by atoms with E-state index in [1.807, 2.05) is 12.1 Å². The van der Waals surface area contributed by atoms with Crippen molar-refractivity contribution in [1.82, 2.24) is 15.1 Å². The summed E-state index contributed by atoms with van der Waals surface area (Å²) in [7, 11) is 0. The lowest BCUT2D eigenvalue weighted by molar-refractivity contribution is -0.124. The lowest BCUT2D eigenvalue weighted by Gasteiger charge is -2.43. The number of carbonyl (C=O) groups is 1. The number of piperidine rings is 1. The zero-order valence-electron chi connectivity index (χ0n) is 16.5. The first kappa shape index (κ1) is 19.4. The van der Waals surface area contributed by atoms with Crippen LogP contribution in [0.5, 0.6) is 0 Å². The molecule has 2 aliphatic rings. The Morgan fingerprint density at radius 2 is 2.04 bits per heavy atom. The van der Waals surface area contributed by atoms with Gasteiger partial charge in [-0.2, -0.15) is 0 Å². The molecule has 1 aromatic rings. The van der Waals surface area contributed by atoms with Gasteiger partial charge in [-0.25, -0.2) is 0 Å². The maximum atomic E-state index is 12.7. The minimum Gasteiger partial charge on any atom is -0.468 e. The van der Waals surface area contributed by atoms with Crippen LogP contribution in [0.25, 0.3) is 0 Å². The van der Waals surface area contributed by atoms with Crippen LogP contribution >= 0.6 is 0 Å². The van der Waals surface area contributed by atoms with Gasteiger partial charge in [0, 0.05) is 12.6 Å². The van der Waals surface area contributed by atoms with Crippen LogP contribution in [-0.2, 0) is 4.79 Å². The third kappa shape index (κ3) is 4.68. The molecular formula is C21H35N3O2. The summed E-state index contributed by atoms with van der Waals surface area (Å²) in [5, 5.41) is 3.18. The predicted molar refractivity (Wildman–Crippen MR) is 104 cm³/mol. The molecule has 1 aliphatic carbocycles. The van der Waals surface area contributed by atoms with Gasteiger partial charge in [0.2, 0.25) is 5.91 Å². The number of furan rings is 1. The number of amides is 1. The summed E-state index contributed by atoms with van der Waals surface area (Å²) in [5.74, 6) is 1.90. The molecule has 0 bridgehead atoms. The Bertz CT molecular complexity index is 539. The van der Waals surface area contributed by atoms with Gasteiger partial charge in [0.25, 0.3) is 0 Å². The first-order chi connectivity index (χ1) is 12.7. The average Bonchev–Trinajstić information content (AvgIpc) is 3.20. The van der Waals surface area contributed by atoms with E-state index >= 15 is 0 Å². The van der Waals surface area contributed by atoms with E-state index in [4.69, 9.17) is 4.42 Å². The molecule has 5 heteroatoms. The van der Waals surface area contributed by atoms with E-state index in [0.717, 1.165) is 31.3 Å². The molecule has 3 unspecified atom stereocenters. The van der Waals surface area contributed by atoms with Crippen LogP contribution < -0.4 is 5.32 Å². The van der Waals surface area contributed by atoms with Crippen LogP contribution in [0, 0.1) is 5.92 Å². The van der Waals surface area contributed by atoms with Gasteiger partial charge in [-0.3, -0.25) is 14.6 Å². The standard InChI is InChI=1S/C21H35N3O2/c1-3-23(4-2)19(20-12-8-14-26-20)15-22-21(25)16-24-13-7-10-17-9-5-6-11-18(17)24/h8,12,14,17-19H,3-7,9-11,13,15-16H2,1-2H3,(H,22,25). The Balaban J connectivity index is 1.54. The number of likely N-dealkylation sites (N-methyl/N-ethyl adjacent to an activating group) is 1. The predicted octanol–water partition coefficient (Wildman–Crippen LogP) is 3.43. The second-order valence-electron chi connectivity index (χ2n) is 7.78. The fourth-order valence-corrected chi connectivity index (χ4v) is 4.93. The number of nitrogens with zero attached hydrogens (tertiary/aromatic N) is 2. The highest BCUT2D eigenvalue weighted by Crippen LogP contribution is 2.35. The summed E-state index contributed by atoms with van der Waals surface area (Å²) in [5.41, 5.74) is 0. The van der Waals surface area contributed by atoms with E-state index in [1.165, 1.54) is 38.5 Å². The molecule has 0 aromatic carbocycles. The molecule has 0 radical (unpaired) electrons. The molecule has 2 heterocycles. The Labute approximate surface area is 158 Å². The number of hydrogen-bond acceptors (Lipinski definition) is 4. The number of nitrogens with one attached hydrogen (secondary N) is 1. The summed E-state index contributed by atoms with van der Waals surface area (Å²) < 4.78 is 5.63. The fraction of sp³-hybridized carbons (Fsp3) is 0.762. The number of carbonyl (C=O) groups excluding carboxylic acids is 1. The van der Waals surface area contributed by atoms with Crippen LogP contribution in [-0.4, -0.2) is 54.5 Å². The van der Waals surface area contributed by atoms with Gasteiger partial charge in [0.05, 0.1) is 18.8 Å². The third-order valence-corrected chi connectivity index (χ3v) is 6.32. The smallest absolute Gasteiger partial charge is 0.234 e. The summed E-state index contributed by atoms with van der Waals surface area (Å²) in [6.45, 7) is 8.41. The van der Waals surface area contributed by atoms with E-state index in [0.29, 0.717) is 19.1 Å². The lowest BCUT2D eigenvalue weighted by Crippen LogP contribution is -2.51. The molecule has 1 saturated carbocycles. The number of fused-ring (bicyclic) bond motifs is 1. The highest BCUT2D eigenvalue weighted by atomic mass is 16.3. The van der Waals surface area contributed by atoms with Crippen molar-refractivity contribution in [3.63, 3.8) is 0 Å². The second-order valence-corrected chi connectivity index (χ2v) is 7.78. The van der Waals surface area contributed by atoms with E-state index in [1.54, 1.807) is 6.26 Å². The molecule has 26 heavy (non-hydrogen) atoms. The normalized spacial score (nSPS) is 25.0. The van der Waals surface area contributed by atoms with Crippen molar-refractivity contribution >= 4 is 5.91 Å². The zero-order valence-corrected chi connectivity index (χ0v) is 16.5. The minimum absolute atomic E-state index is 0.104. The molecule has 0 spiro atoms. The third-order valence-electron chi connectivity index (χ3n) is 6.32. The van der Waals surface area contributed by atoms with Crippen molar-refractivity contribution in [1.29, 1.82) is 0 Å². The summed E-state index contributed by atoms with van der Waals surface area (Å²) >= 11 is 0. The monoisotopic (exact) mass is 361 g/mol. The largest absolute Gasteiger partial charge is 0.468 e. The van der Waals surface area contributed by atoms with Crippen LogP contribution in [0.15, 0.2) is 22.8 Å². The Hall–Kier alpha value is -1.33. The molecule has 5 nitrogen and oxygen atoms in total. The molecule has 2 fully saturated rings. The van der Waals surface area contributed by atoms with E-state index in [9.17, 15) is 4.79 Å². The van der Waals surface area contributed by atoms with Crippen LogP contribution in [0.4, 0.5) is 0 Å². The SMILES string of the molecule is CCN(CC)C(CNC(=O)CN1CCCC2CCCCC21)c1ccco1. The van der Waals surface area contributed by atoms with Crippen LogP contribution in [0.2, 0.25) is 0 Å². The van der Waals surface area contributed by atoms with E-state index < -0.39 is 0 Å². The van der Waals surface area contributed by atoms with Gasteiger partial charge in [-0.1, -0.05) is 26.7 Å². The second kappa shape index (κ2) is 9.56. The molecule has 1 N–H and O–H groups in total. The molecule has 1 aromatic heterocycles.